The van der Waals surface area contributed by atoms with Gasteiger partial charge in [-0.1, -0.05) is 18.6 Å². The Morgan fingerprint density at radius 1 is 1.21 bits per heavy atom. The smallest absolute Gasteiger partial charge is 0.201 e. The summed E-state index contributed by atoms with van der Waals surface area (Å²) in [5.41, 5.74) is 0. The van der Waals surface area contributed by atoms with E-state index in [4.69, 9.17) is 4.74 Å². The molecule has 0 amide bonds. The lowest BCUT2D eigenvalue weighted by Crippen LogP contribution is -2.20. The van der Waals surface area contributed by atoms with Gasteiger partial charge in [0.25, 0.3) is 0 Å². The van der Waals surface area contributed by atoms with Crippen LogP contribution in [0.25, 0.3) is 0 Å². The number of allylic oxidation sites excluding steroid dienone is 4. The van der Waals surface area contributed by atoms with Gasteiger partial charge in [-0.25, -0.2) is 0 Å². The van der Waals surface area contributed by atoms with Gasteiger partial charge >= 0.3 is 0 Å². The Hall–Kier alpha value is -1.05. The molecule has 2 aliphatic carbocycles. The van der Waals surface area contributed by atoms with Crippen LogP contribution < -0.4 is 0 Å². The Morgan fingerprint density at radius 3 is 2.71 bits per heavy atom. The van der Waals surface area contributed by atoms with E-state index in [2.05, 4.69) is 0 Å². The largest absolute Gasteiger partial charge is 0.487 e. The van der Waals surface area contributed by atoms with Crippen LogP contribution in [-0.2, 0) is 9.53 Å². The molecule has 2 nitrogen and oxygen atoms in total. The summed E-state index contributed by atoms with van der Waals surface area (Å²) in [4.78, 5) is 11.4. The van der Waals surface area contributed by atoms with Crippen LogP contribution in [0, 0.1) is 0 Å². The lowest BCUT2D eigenvalue weighted by molar-refractivity contribution is -0.119. The van der Waals surface area contributed by atoms with Gasteiger partial charge in [0.05, 0.1) is 6.10 Å². The summed E-state index contributed by atoms with van der Waals surface area (Å²) < 4.78 is 5.70. The van der Waals surface area contributed by atoms with Gasteiger partial charge in [-0.15, -0.1) is 0 Å². The highest BCUT2D eigenvalue weighted by molar-refractivity contribution is 5.95. The van der Waals surface area contributed by atoms with Crippen LogP contribution in [0.2, 0.25) is 0 Å². The van der Waals surface area contributed by atoms with Gasteiger partial charge in [0.1, 0.15) is 0 Å². The number of carbonyl (C=O) groups excluding carboxylic acids is 1. The van der Waals surface area contributed by atoms with Crippen LogP contribution in [0.3, 0.4) is 0 Å². The zero-order valence-corrected chi connectivity index (χ0v) is 8.37. The third kappa shape index (κ3) is 2.25. The summed E-state index contributed by atoms with van der Waals surface area (Å²) in [6, 6.07) is 0. The Labute approximate surface area is 84.6 Å². The summed E-state index contributed by atoms with van der Waals surface area (Å²) in [5.74, 6) is 0.692. The van der Waals surface area contributed by atoms with E-state index in [9.17, 15) is 4.79 Å². The number of ether oxygens (including phenoxy) is 1. The second-order valence-corrected chi connectivity index (χ2v) is 3.96. The molecule has 0 bridgehead atoms. The minimum absolute atomic E-state index is 0.123. The lowest BCUT2D eigenvalue weighted by atomic mass is 9.97. The molecule has 2 rings (SSSR count). The first-order valence-electron chi connectivity index (χ1n) is 5.43. The lowest BCUT2D eigenvalue weighted by Gasteiger charge is -2.24. The Morgan fingerprint density at radius 2 is 2.00 bits per heavy atom. The molecule has 0 N–H and O–H groups in total. The SMILES string of the molecule is O=C1CC=CC=C1OC1CCCCC1. The van der Waals surface area contributed by atoms with Gasteiger partial charge in [0.15, 0.2) is 5.76 Å². The zero-order chi connectivity index (χ0) is 9.80. The van der Waals surface area contributed by atoms with E-state index in [0.29, 0.717) is 12.2 Å². The quantitative estimate of drug-likeness (QED) is 0.672. The first kappa shape index (κ1) is 9.50. The second kappa shape index (κ2) is 4.45. The summed E-state index contributed by atoms with van der Waals surface area (Å²) in [6.07, 6.45) is 12.3. The third-order valence-corrected chi connectivity index (χ3v) is 2.81. The van der Waals surface area contributed by atoms with Crippen LogP contribution in [-0.4, -0.2) is 11.9 Å². The van der Waals surface area contributed by atoms with E-state index in [-0.39, 0.29) is 11.9 Å². The molecule has 2 heteroatoms. The van der Waals surface area contributed by atoms with Crippen molar-refractivity contribution in [1.82, 2.24) is 0 Å². The van der Waals surface area contributed by atoms with Crippen molar-refractivity contribution in [3.05, 3.63) is 24.0 Å². The number of rotatable bonds is 2. The number of hydrogen-bond acceptors (Lipinski definition) is 2. The third-order valence-electron chi connectivity index (χ3n) is 2.81. The number of ketones is 1. The molecule has 0 aromatic heterocycles. The van der Waals surface area contributed by atoms with Crippen LogP contribution in [0.4, 0.5) is 0 Å². The highest BCUT2D eigenvalue weighted by Gasteiger charge is 2.19. The van der Waals surface area contributed by atoms with Crippen molar-refractivity contribution in [2.45, 2.75) is 44.6 Å². The molecular formula is C12H16O2. The van der Waals surface area contributed by atoms with Crippen LogP contribution in [0.1, 0.15) is 38.5 Å². The van der Waals surface area contributed by atoms with Gasteiger partial charge in [0.2, 0.25) is 5.78 Å². The van der Waals surface area contributed by atoms with E-state index in [1.54, 1.807) is 6.08 Å². The molecular weight excluding hydrogens is 176 g/mol. The summed E-state index contributed by atoms with van der Waals surface area (Å²) >= 11 is 0. The van der Waals surface area contributed by atoms with Crippen molar-refractivity contribution in [3.8, 4) is 0 Å². The molecule has 14 heavy (non-hydrogen) atoms. The van der Waals surface area contributed by atoms with Crippen molar-refractivity contribution in [2.75, 3.05) is 0 Å². The molecule has 76 valence electrons. The van der Waals surface area contributed by atoms with Gasteiger partial charge in [-0.3, -0.25) is 4.79 Å². The molecule has 0 radical (unpaired) electrons. The number of carbonyl (C=O) groups is 1. The van der Waals surface area contributed by atoms with Crippen molar-refractivity contribution in [1.29, 1.82) is 0 Å². The second-order valence-electron chi connectivity index (χ2n) is 3.96. The minimum atomic E-state index is 0.123. The molecule has 0 unspecified atom stereocenters. The summed E-state index contributed by atoms with van der Waals surface area (Å²) in [5, 5.41) is 0. The normalized spacial score (nSPS) is 23.4. The average molecular weight is 192 g/mol. The monoisotopic (exact) mass is 192 g/mol. The predicted octanol–water partition coefficient (Wildman–Crippen LogP) is 2.75. The van der Waals surface area contributed by atoms with E-state index in [1.165, 1.54) is 19.3 Å². The van der Waals surface area contributed by atoms with Crippen LogP contribution in [0.15, 0.2) is 24.0 Å². The summed E-state index contributed by atoms with van der Waals surface area (Å²) in [7, 11) is 0. The maximum atomic E-state index is 11.4. The Balaban J connectivity index is 1.92. The summed E-state index contributed by atoms with van der Waals surface area (Å²) in [6.45, 7) is 0. The first-order chi connectivity index (χ1) is 6.86. The molecule has 0 heterocycles. The Kier molecular flexibility index (Phi) is 3.02. The molecule has 1 fully saturated rings. The fourth-order valence-corrected chi connectivity index (χ4v) is 1.99. The topological polar surface area (TPSA) is 26.3 Å². The van der Waals surface area contributed by atoms with Crippen LogP contribution >= 0.6 is 0 Å². The maximum absolute atomic E-state index is 11.4. The molecule has 2 aliphatic rings. The van der Waals surface area contributed by atoms with E-state index >= 15 is 0 Å². The fraction of sp³-hybridized carbons (Fsp3) is 0.583. The minimum Gasteiger partial charge on any atom is -0.487 e. The molecule has 0 aliphatic heterocycles. The fourth-order valence-electron chi connectivity index (χ4n) is 1.99. The molecule has 0 spiro atoms. The molecule has 0 atom stereocenters. The van der Waals surface area contributed by atoms with Gasteiger partial charge < -0.3 is 4.74 Å². The van der Waals surface area contributed by atoms with E-state index in [0.717, 1.165) is 12.8 Å². The first-order valence-corrected chi connectivity index (χ1v) is 5.43. The highest BCUT2D eigenvalue weighted by atomic mass is 16.5. The van der Waals surface area contributed by atoms with Crippen molar-refractivity contribution in [3.63, 3.8) is 0 Å². The van der Waals surface area contributed by atoms with Crippen molar-refractivity contribution in [2.24, 2.45) is 0 Å². The van der Waals surface area contributed by atoms with E-state index in [1.807, 2.05) is 12.2 Å². The maximum Gasteiger partial charge on any atom is 0.201 e. The standard InChI is InChI=1S/C12H16O2/c13-11-8-4-5-9-12(11)14-10-6-2-1-3-7-10/h4-5,9-10H,1-3,6-8H2. The number of Topliss-reactive ketones (excluding diaryl/α,β-unsaturated/α-hetero) is 1. The van der Waals surface area contributed by atoms with Gasteiger partial charge in [-0.05, 0) is 31.8 Å². The van der Waals surface area contributed by atoms with Gasteiger partial charge in [-0.2, -0.15) is 0 Å². The van der Waals surface area contributed by atoms with Crippen LogP contribution in [0.5, 0.6) is 0 Å². The average Bonchev–Trinajstić information content (AvgIpc) is 2.23. The molecule has 0 aromatic carbocycles. The predicted molar refractivity (Wildman–Crippen MR) is 54.8 cm³/mol. The molecule has 1 saturated carbocycles. The number of hydrogen-bond donors (Lipinski definition) is 0. The molecule has 0 aromatic rings. The zero-order valence-electron chi connectivity index (χ0n) is 8.37. The van der Waals surface area contributed by atoms with Gasteiger partial charge in [0, 0.05) is 6.42 Å². The van der Waals surface area contributed by atoms with Crippen molar-refractivity contribution < 1.29 is 9.53 Å². The van der Waals surface area contributed by atoms with E-state index < -0.39 is 0 Å². The Bertz CT molecular complexity index is 270. The van der Waals surface area contributed by atoms with Crippen molar-refractivity contribution >= 4 is 5.78 Å². The highest BCUT2D eigenvalue weighted by Crippen LogP contribution is 2.23. The molecule has 0 saturated heterocycles.